The molecule has 17 heavy (non-hydrogen) atoms. The molecule has 0 saturated carbocycles. The highest BCUT2D eigenvalue weighted by atomic mass is 32.1. The molecule has 1 aliphatic rings. The minimum Gasteiger partial charge on any atom is -0.490 e. The second-order valence-corrected chi connectivity index (χ2v) is 4.83. The van der Waals surface area contributed by atoms with Crippen molar-refractivity contribution in [3.8, 4) is 16.2 Å². The molecule has 2 aromatic rings. The maximum Gasteiger partial charge on any atom is 0.128 e. The van der Waals surface area contributed by atoms with Gasteiger partial charge in [0.15, 0.2) is 0 Å². The van der Waals surface area contributed by atoms with Gasteiger partial charge >= 0.3 is 0 Å². The molecule has 0 amide bonds. The van der Waals surface area contributed by atoms with Crippen molar-refractivity contribution in [2.24, 2.45) is 0 Å². The van der Waals surface area contributed by atoms with Gasteiger partial charge in [0.05, 0.1) is 6.61 Å². The molecule has 1 atom stereocenters. The fourth-order valence-electron chi connectivity index (χ4n) is 1.60. The van der Waals surface area contributed by atoms with Gasteiger partial charge in [0.2, 0.25) is 0 Å². The Hall–Kier alpha value is -1.39. The van der Waals surface area contributed by atoms with Crippen LogP contribution in [0.3, 0.4) is 0 Å². The molecule has 1 saturated heterocycles. The fraction of sp³-hybridized carbons (Fsp3) is 0.231. The van der Waals surface area contributed by atoms with E-state index < -0.39 is 0 Å². The zero-order valence-electron chi connectivity index (χ0n) is 9.06. The van der Waals surface area contributed by atoms with Gasteiger partial charge in [-0.15, -0.1) is 11.3 Å². The molecule has 88 valence electrons. The number of hydrogen-bond acceptors (Lipinski definition) is 3. The highest BCUT2D eigenvalue weighted by molar-refractivity contribution is 7.13. The molecule has 0 N–H and O–H groups in total. The van der Waals surface area contributed by atoms with E-state index in [1.54, 1.807) is 17.4 Å². The molecule has 0 spiro atoms. The maximum atomic E-state index is 13.3. The number of halogens is 1. The lowest BCUT2D eigenvalue weighted by Gasteiger charge is -2.09. The van der Waals surface area contributed by atoms with Crippen molar-refractivity contribution in [1.82, 2.24) is 0 Å². The first kappa shape index (κ1) is 10.7. The standard InChI is InChI=1S/C13H11FO2S/c14-9-3-4-12(16-8-10-7-15-10)11(6-9)13-2-1-5-17-13/h1-6,10H,7-8H2/t10-/m0/s1. The van der Waals surface area contributed by atoms with Gasteiger partial charge in [-0.3, -0.25) is 0 Å². The maximum absolute atomic E-state index is 13.3. The number of epoxide rings is 1. The summed E-state index contributed by atoms with van der Waals surface area (Å²) in [4.78, 5) is 1.01. The lowest BCUT2D eigenvalue weighted by atomic mass is 10.1. The number of benzene rings is 1. The minimum atomic E-state index is -0.247. The minimum absolute atomic E-state index is 0.205. The summed E-state index contributed by atoms with van der Waals surface area (Å²) in [5.41, 5.74) is 0.806. The predicted octanol–water partition coefficient (Wildman–Crippen LogP) is 3.33. The summed E-state index contributed by atoms with van der Waals surface area (Å²) in [6.45, 7) is 1.29. The van der Waals surface area contributed by atoms with Crippen molar-refractivity contribution >= 4 is 11.3 Å². The van der Waals surface area contributed by atoms with E-state index in [1.807, 2.05) is 17.5 Å². The molecule has 1 aliphatic heterocycles. The normalized spacial score (nSPS) is 18.1. The van der Waals surface area contributed by atoms with E-state index in [4.69, 9.17) is 9.47 Å². The van der Waals surface area contributed by atoms with E-state index in [-0.39, 0.29) is 11.9 Å². The summed E-state index contributed by atoms with van der Waals surface area (Å²) in [6, 6.07) is 8.50. The van der Waals surface area contributed by atoms with Crippen LogP contribution in [0.1, 0.15) is 0 Å². The van der Waals surface area contributed by atoms with Gasteiger partial charge < -0.3 is 9.47 Å². The topological polar surface area (TPSA) is 21.8 Å². The summed E-state index contributed by atoms with van der Waals surface area (Å²) in [5, 5.41) is 1.97. The smallest absolute Gasteiger partial charge is 0.128 e. The van der Waals surface area contributed by atoms with Crippen molar-refractivity contribution in [2.75, 3.05) is 13.2 Å². The Morgan fingerprint density at radius 1 is 1.41 bits per heavy atom. The largest absolute Gasteiger partial charge is 0.490 e. The Morgan fingerprint density at radius 3 is 3.00 bits per heavy atom. The van der Waals surface area contributed by atoms with Gasteiger partial charge in [-0.05, 0) is 29.6 Å². The number of hydrogen-bond donors (Lipinski definition) is 0. The van der Waals surface area contributed by atoms with Crippen LogP contribution in [0.4, 0.5) is 4.39 Å². The average Bonchev–Trinajstić information content (AvgIpc) is 3.00. The predicted molar refractivity (Wildman–Crippen MR) is 64.9 cm³/mol. The molecule has 0 aliphatic carbocycles. The lowest BCUT2D eigenvalue weighted by Crippen LogP contribution is -2.04. The van der Waals surface area contributed by atoms with Gasteiger partial charge in [-0.25, -0.2) is 4.39 Å². The van der Waals surface area contributed by atoms with Crippen LogP contribution in [-0.4, -0.2) is 19.3 Å². The molecule has 3 rings (SSSR count). The molecule has 0 radical (unpaired) electrons. The highest BCUT2D eigenvalue weighted by Gasteiger charge is 2.23. The Labute approximate surface area is 103 Å². The zero-order valence-corrected chi connectivity index (χ0v) is 9.87. The van der Waals surface area contributed by atoms with Crippen molar-refractivity contribution in [2.45, 2.75) is 6.10 Å². The number of rotatable bonds is 4. The van der Waals surface area contributed by atoms with E-state index in [0.717, 1.165) is 17.0 Å². The van der Waals surface area contributed by atoms with Crippen LogP contribution in [-0.2, 0) is 4.74 Å². The third kappa shape index (κ3) is 2.48. The first-order valence-corrected chi connectivity index (χ1v) is 6.29. The summed E-state index contributed by atoms with van der Waals surface area (Å²) >= 11 is 1.57. The summed E-state index contributed by atoms with van der Waals surface area (Å²) in [7, 11) is 0. The van der Waals surface area contributed by atoms with Crippen LogP contribution in [0.25, 0.3) is 10.4 Å². The summed E-state index contributed by atoms with van der Waals surface area (Å²) in [6.07, 6.45) is 0.205. The molecule has 1 aromatic carbocycles. The molecule has 0 unspecified atom stereocenters. The molecule has 0 bridgehead atoms. The molecule has 2 nitrogen and oxygen atoms in total. The van der Waals surface area contributed by atoms with Crippen LogP contribution >= 0.6 is 11.3 Å². The van der Waals surface area contributed by atoms with Gasteiger partial charge in [-0.2, -0.15) is 0 Å². The van der Waals surface area contributed by atoms with Crippen LogP contribution in [0.2, 0.25) is 0 Å². The van der Waals surface area contributed by atoms with Crippen LogP contribution in [0.15, 0.2) is 35.7 Å². The van der Waals surface area contributed by atoms with E-state index >= 15 is 0 Å². The average molecular weight is 250 g/mol. The van der Waals surface area contributed by atoms with E-state index in [9.17, 15) is 4.39 Å². The Balaban J connectivity index is 1.89. The third-order valence-corrected chi connectivity index (χ3v) is 3.46. The van der Waals surface area contributed by atoms with Crippen molar-refractivity contribution in [1.29, 1.82) is 0 Å². The molecule has 4 heteroatoms. The molecule has 1 aromatic heterocycles. The van der Waals surface area contributed by atoms with E-state index in [1.165, 1.54) is 12.1 Å². The Morgan fingerprint density at radius 2 is 2.29 bits per heavy atom. The first-order valence-electron chi connectivity index (χ1n) is 5.41. The fourth-order valence-corrected chi connectivity index (χ4v) is 2.35. The molecular formula is C13H11FO2S. The molecule has 2 heterocycles. The van der Waals surface area contributed by atoms with Gasteiger partial charge in [0, 0.05) is 10.4 Å². The van der Waals surface area contributed by atoms with Gasteiger partial charge in [-0.1, -0.05) is 6.07 Å². The van der Waals surface area contributed by atoms with Crippen LogP contribution < -0.4 is 4.74 Å². The highest BCUT2D eigenvalue weighted by Crippen LogP contribution is 2.34. The van der Waals surface area contributed by atoms with Gasteiger partial charge in [0.25, 0.3) is 0 Å². The molecular weight excluding hydrogens is 239 g/mol. The SMILES string of the molecule is Fc1ccc(OC[C@@H]2CO2)c(-c2cccs2)c1. The summed E-state index contributed by atoms with van der Waals surface area (Å²) in [5.74, 6) is 0.466. The van der Waals surface area contributed by atoms with Crippen LogP contribution in [0, 0.1) is 5.82 Å². The lowest BCUT2D eigenvalue weighted by molar-refractivity contribution is 0.263. The second kappa shape index (κ2) is 4.47. The van der Waals surface area contributed by atoms with Crippen molar-refractivity contribution < 1.29 is 13.9 Å². The van der Waals surface area contributed by atoms with E-state index in [2.05, 4.69) is 0 Å². The number of ether oxygens (including phenoxy) is 2. The zero-order chi connectivity index (χ0) is 11.7. The molecule has 1 fully saturated rings. The summed E-state index contributed by atoms with van der Waals surface area (Å²) < 4.78 is 24.0. The monoisotopic (exact) mass is 250 g/mol. The quantitative estimate of drug-likeness (QED) is 0.776. The van der Waals surface area contributed by atoms with Crippen molar-refractivity contribution in [3.63, 3.8) is 0 Å². The third-order valence-electron chi connectivity index (χ3n) is 2.56. The van der Waals surface area contributed by atoms with Crippen molar-refractivity contribution in [3.05, 3.63) is 41.5 Å². The van der Waals surface area contributed by atoms with Gasteiger partial charge in [0.1, 0.15) is 24.3 Å². The first-order chi connectivity index (χ1) is 8.33. The number of thiophene rings is 1. The Bertz CT molecular complexity index is 506. The Kier molecular flexibility index (Phi) is 2.82. The van der Waals surface area contributed by atoms with Crippen LogP contribution in [0.5, 0.6) is 5.75 Å². The van der Waals surface area contributed by atoms with E-state index in [0.29, 0.717) is 12.4 Å². The second-order valence-electron chi connectivity index (χ2n) is 3.88.